The van der Waals surface area contributed by atoms with Crippen molar-refractivity contribution in [3.05, 3.63) is 28.8 Å². The lowest BCUT2D eigenvalue weighted by Crippen LogP contribution is -2.17. The fraction of sp³-hybridized carbons (Fsp3) is 0.533. The first-order valence-electron chi connectivity index (χ1n) is 6.78. The zero-order chi connectivity index (χ0) is 14.9. The number of alkyl halides is 2. The van der Waals surface area contributed by atoms with Gasteiger partial charge in [0.25, 0.3) is 0 Å². The summed E-state index contributed by atoms with van der Waals surface area (Å²) < 4.78 is 29.4. The Balaban J connectivity index is 2.48. The second-order valence-electron chi connectivity index (χ2n) is 5.53. The molecule has 0 bridgehead atoms. The van der Waals surface area contributed by atoms with Gasteiger partial charge in [0.15, 0.2) is 0 Å². The van der Waals surface area contributed by atoms with Gasteiger partial charge in [0, 0.05) is 0 Å². The van der Waals surface area contributed by atoms with Crippen molar-refractivity contribution in [2.24, 2.45) is 5.73 Å². The molecule has 0 saturated heterocycles. The second-order valence-corrected chi connectivity index (χ2v) is 5.53. The Hall–Kier alpha value is -1.65. The van der Waals surface area contributed by atoms with Crippen molar-refractivity contribution in [3.8, 4) is 5.75 Å². The minimum atomic E-state index is -2.84. The Morgan fingerprint density at radius 3 is 2.50 bits per heavy atom. The fourth-order valence-electron chi connectivity index (χ4n) is 2.51. The highest BCUT2D eigenvalue weighted by Crippen LogP contribution is 2.45. The lowest BCUT2D eigenvalue weighted by molar-refractivity contribution is -0.117. The first kappa shape index (κ1) is 14.8. The number of amides is 1. The topological polar surface area (TPSA) is 52.3 Å². The average Bonchev–Trinajstić information content (AvgIpc) is 3.12. The van der Waals surface area contributed by atoms with Crippen LogP contribution in [0.3, 0.4) is 0 Å². The van der Waals surface area contributed by atoms with Crippen LogP contribution in [0.4, 0.5) is 8.78 Å². The van der Waals surface area contributed by atoms with E-state index in [4.69, 9.17) is 5.73 Å². The van der Waals surface area contributed by atoms with Gasteiger partial charge in [0.1, 0.15) is 5.75 Å². The summed E-state index contributed by atoms with van der Waals surface area (Å²) in [6.07, 6.45) is 2.18. The maximum atomic E-state index is 12.4. The minimum absolute atomic E-state index is 0.114. The summed E-state index contributed by atoms with van der Waals surface area (Å²) in [5.41, 5.74) is 8.00. The quantitative estimate of drug-likeness (QED) is 0.870. The van der Waals surface area contributed by atoms with Crippen molar-refractivity contribution < 1.29 is 18.3 Å². The highest BCUT2D eigenvalue weighted by molar-refractivity contribution is 5.78. The maximum Gasteiger partial charge on any atom is 0.387 e. The lowest BCUT2D eigenvalue weighted by atomic mass is 9.89. The van der Waals surface area contributed by atoms with E-state index in [2.05, 4.69) is 4.74 Å². The molecule has 0 unspecified atom stereocenters. The van der Waals surface area contributed by atoms with Crippen LogP contribution in [-0.2, 0) is 11.2 Å². The molecule has 1 saturated carbocycles. The number of benzene rings is 1. The third-order valence-corrected chi connectivity index (χ3v) is 3.51. The number of hydrogen-bond donors (Lipinski definition) is 1. The molecule has 0 radical (unpaired) electrons. The van der Waals surface area contributed by atoms with Crippen LogP contribution in [0, 0.1) is 0 Å². The van der Waals surface area contributed by atoms with Crippen LogP contribution in [0.5, 0.6) is 5.75 Å². The van der Waals surface area contributed by atoms with Gasteiger partial charge in [0.2, 0.25) is 5.91 Å². The van der Waals surface area contributed by atoms with Gasteiger partial charge >= 0.3 is 6.61 Å². The lowest BCUT2D eigenvalue weighted by Gasteiger charge is -2.19. The average molecular weight is 283 g/mol. The van der Waals surface area contributed by atoms with Crippen LogP contribution in [0.2, 0.25) is 0 Å². The van der Waals surface area contributed by atoms with Crippen molar-refractivity contribution in [2.45, 2.75) is 51.6 Å². The van der Waals surface area contributed by atoms with E-state index >= 15 is 0 Å². The Labute approximate surface area is 117 Å². The zero-order valence-corrected chi connectivity index (χ0v) is 11.7. The molecule has 1 fully saturated rings. The van der Waals surface area contributed by atoms with Crippen LogP contribution < -0.4 is 10.5 Å². The van der Waals surface area contributed by atoms with Crippen molar-refractivity contribution in [2.75, 3.05) is 0 Å². The van der Waals surface area contributed by atoms with Crippen molar-refractivity contribution in [1.29, 1.82) is 0 Å². The Morgan fingerprint density at radius 1 is 1.40 bits per heavy atom. The van der Waals surface area contributed by atoms with E-state index in [0.29, 0.717) is 5.92 Å². The summed E-state index contributed by atoms with van der Waals surface area (Å²) in [4.78, 5) is 11.3. The summed E-state index contributed by atoms with van der Waals surface area (Å²) in [7, 11) is 0. The smallest absolute Gasteiger partial charge is 0.387 e. The van der Waals surface area contributed by atoms with Gasteiger partial charge in [-0.1, -0.05) is 13.8 Å². The van der Waals surface area contributed by atoms with E-state index < -0.39 is 12.5 Å². The molecule has 3 nitrogen and oxygen atoms in total. The molecule has 0 aromatic heterocycles. The van der Waals surface area contributed by atoms with Crippen LogP contribution in [-0.4, -0.2) is 12.5 Å². The Morgan fingerprint density at radius 2 is 2.05 bits per heavy atom. The molecule has 1 aromatic carbocycles. The summed E-state index contributed by atoms with van der Waals surface area (Å²) >= 11 is 0. The molecule has 2 N–H and O–H groups in total. The van der Waals surface area contributed by atoms with E-state index in [9.17, 15) is 13.6 Å². The maximum absolute atomic E-state index is 12.4. The molecule has 2 rings (SSSR count). The molecule has 1 aliphatic carbocycles. The number of nitrogens with two attached hydrogens (primary N) is 1. The van der Waals surface area contributed by atoms with Crippen LogP contribution in [0.1, 0.15) is 55.2 Å². The van der Waals surface area contributed by atoms with Crippen LogP contribution in [0.15, 0.2) is 12.1 Å². The SMILES string of the molecule is CC(C)c1cc(OC(F)F)cc(C2CC2)c1CC(N)=O. The minimum Gasteiger partial charge on any atom is -0.435 e. The molecule has 0 spiro atoms. The first-order valence-corrected chi connectivity index (χ1v) is 6.78. The highest BCUT2D eigenvalue weighted by Gasteiger charge is 2.29. The van der Waals surface area contributed by atoms with E-state index in [1.807, 2.05) is 13.8 Å². The largest absolute Gasteiger partial charge is 0.435 e. The molecule has 0 aliphatic heterocycles. The number of halogens is 2. The van der Waals surface area contributed by atoms with Gasteiger partial charge in [-0.05, 0) is 53.5 Å². The number of ether oxygens (including phenoxy) is 1. The second kappa shape index (κ2) is 5.77. The third-order valence-electron chi connectivity index (χ3n) is 3.51. The molecule has 0 heterocycles. The van der Waals surface area contributed by atoms with Gasteiger partial charge < -0.3 is 10.5 Å². The molecule has 1 aromatic rings. The van der Waals surface area contributed by atoms with Crippen molar-refractivity contribution in [1.82, 2.24) is 0 Å². The van der Waals surface area contributed by atoms with Gasteiger partial charge in [-0.15, -0.1) is 0 Å². The molecule has 5 heteroatoms. The number of rotatable bonds is 6. The molecule has 0 atom stereocenters. The fourth-order valence-corrected chi connectivity index (χ4v) is 2.51. The standard InChI is InChI=1S/C15H19F2NO2/c1-8(2)11-5-10(20-15(16)17)6-12(9-3-4-9)13(11)7-14(18)19/h5-6,8-9,15H,3-4,7H2,1-2H3,(H2,18,19). The molecule has 1 aliphatic rings. The molecule has 20 heavy (non-hydrogen) atoms. The molecule has 1 amide bonds. The van der Waals surface area contributed by atoms with E-state index in [0.717, 1.165) is 29.5 Å². The summed E-state index contributed by atoms with van der Waals surface area (Å²) in [5, 5.41) is 0. The highest BCUT2D eigenvalue weighted by atomic mass is 19.3. The molecular weight excluding hydrogens is 264 g/mol. The van der Waals surface area contributed by atoms with Crippen molar-refractivity contribution in [3.63, 3.8) is 0 Å². The van der Waals surface area contributed by atoms with Crippen LogP contribution in [0.25, 0.3) is 0 Å². The molecular formula is C15H19F2NO2. The normalized spacial score (nSPS) is 14.9. The summed E-state index contributed by atoms with van der Waals surface area (Å²) in [6.45, 7) is 1.08. The van der Waals surface area contributed by atoms with Crippen LogP contribution >= 0.6 is 0 Å². The zero-order valence-electron chi connectivity index (χ0n) is 11.7. The predicted octanol–water partition coefficient (Wildman–Crippen LogP) is 3.32. The van der Waals surface area contributed by atoms with Gasteiger partial charge in [-0.3, -0.25) is 4.79 Å². The Kier molecular flexibility index (Phi) is 4.26. The predicted molar refractivity (Wildman–Crippen MR) is 72.0 cm³/mol. The Bertz CT molecular complexity index is 488. The first-order chi connectivity index (χ1) is 9.38. The molecule has 110 valence electrons. The van der Waals surface area contributed by atoms with Crippen molar-refractivity contribution >= 4 is 5.91 Å². The van der Waals surface area contributed by atoms with E-state index in [1.165, 1.54) is 0 Å². The number of primary amides is 1. The number of hydrogen-bond acceptors (Lipinski definition) is 2. The van der Waals surface area contributed by atoms with E-state index in [1.54, 1.807) is 12.1 Å². The monoisotopic (exact) mass is 283 g/mol. The van der Waals surface area contributed by atoms with Gasteiger partial charge in [-0.25, -0.2) is 0 Å². The number of carbonyl (C=O) groups is 1. The van der Waals surface area contributed by atoms with Gasteiger partial charge in [-0.2, -0.15) is 8.78 Å². The third kappa shape index (κ3) is 3.46. The van der Waals surface area contributed by atoms with E-state index in [-0.39, 0.29) is 18.1 Å². The summed E-state index contributed by atoms with van der Waals surface area (Å²) in [5.74, 6) is 0.210. The number of carbonyl (C=O) groups excluding carboxylic acids is 1. The van der Waals surface area contributed by atoms with Gasteiger partial charge in [0.05, 0.1) is 6.42 Å². The summed E-state index contributed by atoms with van der Waals surface area (Å²) in [6, 6.07) is 3.23.